The molecule has 0 saturated heterocycles. The van der Waals surface area contributed by atoms with E-state index >= 15 is 0 Å². The molecule has 15 heavy (non-hydrogen) atoms. The van der Waals surface area contributed by atoms with E-state index in [0.29, 0.717) is 25.8 Å². The molecule has 0 aromatic carbocycles. The van der Waals surface area contributed by atoms with E-state index in [9.17, 15) is 19.5 Å². The van der Waals surface area contributed by atoms with Crippen molar-refractivity contribution in [3.8, 4) is 0 Å². The molecule has 0 aromatic rings. The largest absolute Gasteiger partial charge is 0.550 e. The number of carboxylic acids is 1. The molecule has 0 saturated carbocycles. The van der Waals surface area contributed by atoms with Gasteiger partial charge in [-0.15, -0.1) is 0 Å². The second-order valence-corrected chi connectivity index (χ2v) is 3.34. The number of hydrogen-bond donors (Lipinski definition) is 0. The standard InChI is InChI=1S/C10H13NO4/c12-8-5-6-9(13)11(8)7-3-1-2-4-10(14)15/h5-6H,1-4,7H2,(H,14,15)/p-1. The van der Waals surface area contributed by atoms with E-state index in [4.69, 9.17) is 0 Å². The topological polar surface area (TPSA) is 77.5 Å². The Morgan fingerprint density at radius 3 is 2.27 bits per heavy atom. The van der Waals surface area contributed by atoms with Gasteiger partial charge >= 0.3 is 0 Å². The van der Waals surface area contributed by atoms with Crippen LogP contribution in [0.4, 0.5) is 0 Å². The minimum absolute atomic E-state index is 0.0279. The van der Waals surface area contributed by atoms with Crippen molar-refractivity contribution in [2.45, 2.75) is 25.7 Å². The first kappa shape index (κ1) is 11.4. The van der Waals surface area contributed by atoms with Gasteiger partial charge in [-0.1, -0.05) is 6.42 Å². The third-order valence-electron chi connectivity index (χ3n) is 2.16. The van der Waals surface area contributed by atoms with Gasteiger partial charge in [-0.3, -0.25) is 14.5 Å². The Balaban J connectivity index is 2.13. The molecular formula is C10H12NO4-. The lowest BCUT2D eigenvalue weighted by Gasteiger charge is -2.13. The molecule has 1 aliphatic rings. The van der Waals surface area contributed by atoms with Crippen molar-refractivity contribution in [3.05, 3.63) is 12.2 Å². The summed E-state index contributed by atoms with van der Waals surface area (Å²) in [7, 11) is 0. The monoisotopic (exact) mass is 210 g/mol. The highest BCUT2D eigenvalue weighted by Crippen LogP contribution is 2.07. The summed E-state index contributed by atoms with van der Waals surface area (Å²) in [6.45, 7) is 0.359. The molecule has 5 heteroatoms. The number of hydrogen-bond acceptors (Lipinski definition) is 4. The number of aliphatic carboxylic acids is 1. The first-order valence-corrected chi connectivity index (χ1v) is 4.84. The van der Waals surface area contributed by atoms with E-state index in [1.54, 1.807) is 0 Å². The smallest absolute Gasteiger partial charge is 0.253 e. The zero-order valence-corrected chi connectivity index (χ0v) is 8.27. The SMILES string of the molecule is O=C([O-])CCCCCN1C(=O)C=CC1=O. The van der Waals surface area contributed by atoms with Crippen LogP contribution in [0.1, 0.15) is 25.7 Å². The highest BCUT2D eigenvalue weighted by molar-refractivity contribution is 6.12. The first-order valence-electron chi connectivity index (χ1n) is 4.84. The van der Waals surface area contributed by atoms with E-state index in [0.717, 1.165) is 4.90 Å². The van der Waals surface area contributed by atoms with Crippen LogP contribution in [-0.4, -0.2) is 29.2 Å². The zero-order valence-electron chi connectivity index (χ0n) is 8.27. The van der Waals surface area contributed by atoms with Gasteiger partial charge in [-0.25, -0.2) is 0 Å². The number of nitrogens with zero attached hydrogens (tertiary/aromatic N) is 1. The van der Waals surface area contributed by atoms with E-state index in [1.807, 2.05) is 0 Å². The molecule has 0 radical (unpaired) electrons. The van der Waals surface area contributed by atoms with Crippen LogP contribution in [-0.2, 0) is 14.4 Å². The number of imide groups is 1. The molecule has 1 rings (SSSR count). The number of rotatable bonds is 6. The van der Waals surface area contributed by atoms with Gasteiger partial charge in [0.1, 0.15) is 0 Å². The second kappa shape index (κ2) is 5.29. The second-order valence-electron chi connectivity index (χ2n) is 3.34. The molecule has 2 amide bonds. The van der Waals surface area contributed by atoms with Crippen molar-refractivity contribution in [1.82, 2.24) is 4.90 Å². The van der Waals surface area contributed by atoms with Gasteiger partial charge in [0.2, 0.25) is 0 Å². The number of carbonyl (C=O) groups excluding carboxylic acids is 3. The molecule has 82 valence electrons. The Morgan fingerprint density at radius 2 is 1.73 bits per heavy atom. The van der Waals surface area contributed by atoms with Crippen LogP contribution in [0.3, 0.4) is 0 Å². The summed E-state index contributed by atoms with van der Waals surface area (Å²) in [4.78, 5) is 33.4. The lowest BCUT2D eigenvalue weighted by molar-refractivity contribution is -0.305. The summed E-state index contributed by atoms with van der Waals surface area (Å²) in [6, 6.07) is 0. The minimum Gasteiger partial charge on any atom is -0.550 e. The van der Waals surface area contributed by atoms with Gasteiger partial charge in [-0.05, 0) is 19.3 Å². The minimum atomic E-state index is -1.06. The predicted octanol–water partition coefficient (Wildman–Crippen LogP) is -0.778. The maximum Gasteiger partial charge on any atom is 0.253 e. The molecule has 1 heterocycles. The highest BCUT2D eigenvalue weighted by atomic mass is 16.4. The first-order chi connectivity index (χ1) is 7.11. The summed E-state index contributed by atoms with van der Waals surface area (Å²) in [5, 5.41) is 10.1. The molecule has 1 aliphatic heterocycles. The Morgan fingerprint density at radius 1 is 1.13 bits per heavy atom. The molecule has 0 bridgehead atoms. The van der Waals surface area contributed by atoms with Gasteiger partial charge in [0.15, 0.2) is 0 Å². The summed E-state index contributed by atoms with van der Waals surface area (Å²) >= 11 is 0. The molecule has 0 fully saturated rings. The van der Waals surface area contributed by atoms with Gasteiger partial charge in [0.25, 0.3) is 11.8 Å². The zero-order chi connectivity index (χ0) is 11.3. The summed E-state index contributed by atoms with van der Waals surface area (Å²) in [5.41, 5.74) is 0. The number of carbonyl (C=O) groups is 3. The fourth-order valence-electron chi connectivity index (χ4n) is 1.37. The molecule has 0 aromatic heterocycles. The van der Waals surface area contributed by atoms with Crippen LogP contribution in [0.15, 0.2) is 12.2 Å². The van der Waals surface area contributed by atoms with E-state index in [-0.39, 0.29) is 18.2 Å². The predicted molar refractivity (Wildman–Crippen MR) is 49.3 cm³/mol. The fraction of sp³-hybridized carbons (Fsp3) is 0.500. The highest BCUT2D eigenvalue weighted by Gasteiger charge is 2.21. The van der Waals surface area contributed by atoms with Crippen LogP contribution >= 0.6 is 0 Å². The van der Waals surface area contributed by atoms with E-state index in [1.165, 1.54) is 12.2 Å². The average molecular weight is 210 g/mol. The van der Waals surface area contributed by atoms with Crippen molar-refractivity contribution < 1.29 is 19.5 Å². The maximum absolute atomic E-state index is 11.1. The lowest BCUT2D eigenvalue weighted by Crippen LogP contribution is -2.30. The summed E-state index contributed by atoms with van der Waals surface area (Å²) < 4.78 is 0. The van der Waals surface area contributed by atoms with Crippen molar-refractivity contribution >= 4 is 17.8 Å². The van der Waals surface area contributed by atoms with Crippen LogP contribution in [0.25, 0.3) is 0 Å². The number of amides is 2. The van der Waals surface area contributed by atoms with Crippen LogP contribution < -0.4 is 5.11 Å². The van der Waals surface area contributed by atoms with E-state index in [2.05, 4.69) is 0 Å². The van der Waals surface area contributed by atoms with Crippen molar-refractivity contribution in [3.63, 3.8) is 0 Å². The van der Waals surface area contributed by atoms with Crippen LogP contribution in [0, 0.1) is 0 Å². The van der Waals surface area contributed by atoms with Gasteiger partial charge in [0, 0.05) is 24.7 Å². The van der Waals surface area contributed by atoms with Crippen molar-refractivity contribution in [2.75, 3.05) is 6.54 Å². The maximum atomic E-state index is 11.1. The summed E-state index contributed by atoms with van der Waals surface area (Å²) in [6.07, 6.45) is 4.33. The van der Waals surface area contributed by atoms with Gasteiger partial charge in [0.05, 0.1) is 0 Å². The molecule has 0 spiro atoms. The molecule has 0 unspecified atom stereocenters. The third-order valence-corrected chi connectivity index (χ3v) is 2.16. The van der Waals surface area contributed by atoms with Gasteiger partial charge < -0.3 is 9.90 Å². The van der Waals surface area contributed by atoms with Crippen molar-refractivity contribution in [2.24, 2.45) is 0 Å². The average Bonchev–Trinajstić information content (AvgIpc) is 2.47. The molecule has 0 atom stereocenters. The van der Waals surface area contributed by atoms with Crippen LogP contribution in [0.5, 0.6) is 0 Å². The van der Waals surface area contributed by atoms with Gasteiger partial charge in [-0.2, -0.15) is 0 Å². The van der Waals surface area contributed by atoms with Crippen LogP contribution in [0.2, 0.25) is 0 Å². The molecule has 0 N–H and O–H groups in total. The number of unbranched alkanes of at least 4 members (excludes halogenated alkanes) is 2. The third kappa shape index (κ3) is 3.53. The quantitative estimate of drug-likeness (QED) is 0.425. The number of carboxylic acid groups (broad SMARTS) is 1. The van der Waals surface area contributed by atoms with Crippen molar-refractivity contribution in [1.29, 1.82) is 0 Å². The Labute approximate surface area is 87.4 Å². The summed E-state index contributed by atoms with van der Waals surface area (Å²) in [5.74, 6) is -1.65. The Bertz CT molecular complexity index is 291. The van der Waals surface area contributed by atoms with E-state index < -0.39 is 5.97 Å². The Kier molecular flexibility index (Phi) is 4.03. The Hall–Kier alpha value is -1.65. The molecule has 5 nitrogen and oxygen atoms in total. The lowest BCUT2D eigenvalue weighted by atomic mass is 10.2. The normalized spacial score (nSPS) is 15.1. The fourth-order valence-corrected chi connectivity index (χ4v) is 1.37. The molecular weight excluding hydrogens is 198 g/mol. The molecule has 0 aliphatic carbocycles.